The zero-order valence-electron chi connectivity index (χ0n) is 10.5. The van der Waals surface area contributed by atoms with Crippen LogP contribution in [-0.2, 0) is 4.74 Å². The molecular weight excluding hydrogens is 250 g/mol. The van der Waals surface area contributed by atoms with Gasteiger partial charge in [-0.2, -0.15) is 0 Å². The number of benzene rings is 1. The van der Waals surface area contributed by atoms with Gasteiger partial charge in [-0.15, -0.1) is 0 Å². The molecule has 0 radical (unpaired) electrons. The second-order valence-corrected chi connectivity index (χ2v) is 4.46. The van der Waals surface area contributed by atoms with Crippen LogP contribution in [0.2, 0.25) is 0 Å². The van der Waals surface area contributed by atoms with Gasteiger partial charge >= 0.3 is 0 Å². The maximum absolute atomic E-state index is 12.2. The van der Waals surface area contributed by atoms with Crippen LogP contribution in [0, 0.1) is 10.1 Å². The highest BCUT2D eigenvalue weighted by atomic mass is 16.6. The summed E-state index contributed by atoms with van der Waals surface area (Å²) in [6, 6.07) is 4.11. The molecule has 0 saturated carbocycles. The van der Waals surface area contributed by atoms with Crippen molar-refractivity contribution in [3.63, 3.8) is 0 Å². The zero-order chi connectivity index (χ0) is 14.0. The SMILES string of the molecule is CN(C(=O)c1ccc(N)c([N+](=O)[O-])c1)C1CCOC1. The molecule has 1 unspecified atom stereocenters. The molecule has 1 heterocycles. The number of nitrogens with zero attached hydrogens (tertiary/aromatic N) is 2. The standard InChI is InChI=1S/C12H15N3O4/c1-14(9-4-5-19-7-9)12(16)8-2-3-10(13)11(6-8)15(17)18/h2-3,6,9H,4-5,7,13H2,1H3. The first-order chi connectivity index (χ1) is 9.00. The van der Waals surface area contributed by atoms with Crippen LogP contribution >= 0.6 is 0 Å². The van der Waals surface area contributed by atoms with Crippen LogP contribution in [-0.4, -0.2) is 42.0 Å². The molecule has 7 heteroatoms. The largest absolute Gasteiger partial charge is 0.393 e. The van der Waals surface area contributed by atoms with Gasteiger partial charge in [0.1, 0.15) is 5.69 Å². The lowest BCUT2D eigenvalue weighted by molar-refractivity contribution is -0.383. The van der Waals surface area contributed by atoms with Gasteiger partial charge in [0.25, 0.3) is 11.6 Å². The molecule has 0 aromatic heterocycles. The van der Waals surface area contributed by atoms with Gasteiger partial charge in [-0.1, -0.05) is 0 Å². The fourth-order valence-corrected chi connectivity index (χ4v) is 2.03. The summed E-state index contributed by atoms with van der Waals surface area (Å²) in [5.74, 6) is -0.265. The maximum atomic E-state index is 12.2. The smallest absolute Gasteiger partial charge is 0.292 e. The lowest BCUT2D eigenvalue weighted by atomic mass is 10.1. The van der Waals surface area contributed by atoms with Gasteiger partial charge in [0.15, 0.2) is 0 Å². The number of amides is 1. The highest BCUT2D eigenvalue weighted by Crippen LogP contribution is 2.23. The lowest BCUT2D eigenvalue weighted by Gasteiger charge is -2.23. The number of rotatable bonds is 3. The van der Waals surface area contributed by atoms with E-state index in [9.17, 15) is 14.9 Å². The van der Waals surface area contributed by atoms with Crippen LogP contribution in [0.15, 0.2) is 18.2 Å². The van der Waals surface area contributed by atoms with Gasteiger partial charge < -0.3 is 15.4 Å². The molecule has 1 amide bonds. The van der Waals surface area contributed by atoms with Gasteiger partial charge in [0.2, 0.25) is 0 Å². The third kappa shape index (κ3) is 2.65. The van der Waals surface area contributed by atoms with Crippen molar-refractivity contribution in [3.05, 3.63) is 33.9 Å². The van der Waals surface area contributed by atoms with E-state index in [1.807, 2.05) is 0 Å². The van der Waals surface area contributed by atoms with Crippen LogP contribution < -0.4 is 5.73 Å². The summed E-state index contributed by atoms with van der Waals surface area (Å²) in [5, 5.41) is 10.8. The number of nitro benzene ring substituents is 1. The first-order valence-electron chi connectivity index (χ1n) is 5.89. The van der Waals surface area contributed by atoms with Crippen molar-refractivity contribution in [2.75, 3.05) is 26.0 Å². The van der Waals surface area contributed by atoms with Crippen molar-refractivity contribution in [2.24, 2.45) is 0 Å². The zero-order valence-corrected chi connectivity index (χ0v) is 10.5. The van der Waals surface area contributed by atoms with E-state index in [1.165, 1.54) is 18.2 Å². The van der Waals surface area contributed by atoms with E-state index < -0.39 is 4.92 Å². The minimum Gasteiger partial charge on any atom is -0.393 e. The van der Waals surface area contributed by atoms with E-state index in [0.29, 0.717) is 13.2 Å². The minimum absolute atomic E-state index is 0.0177. The molecule has 1 aromatic rings. The quantitative estimate of drug-likeness (QED) is 0.500. The van der Waals surface area contributed by atoms with Gasteiger partial charge in [-0.05, 0) is 18.6 Å². The molecule has 0 aliphatic carbocycles. The molecule has 1 saturated heterocycles. The van der Waals surface area contributed by atoms with E-state index >= 15 is 0 Å². The number of nitrogen functional groups attached to an aromatic ring is 1. The predicted molar refractivity (Wildman–Crippen MR) is 68.8 cm³/mol. The van der Waals surface area contributed by atoms with Crippen molar-refractivity contribution in [1.82, 2.24) is 4.90 Å². The van der Waals surface area contributed by atoms with E-state index in [-0.39, 0.29) is 28.9 Å². The van der Waals surface area contributed by atoms with Crippen molar-refractivity contribution >= 4 is 17.3 Å². The van der Waals surface area contributed by atoms with Gasteiger partial charge in [0.05, 0.1) is 17.6 Å². The molecule has 2 N–H and O–H groups in total. The summed E-state index contributed by atoms with van der Waals surface area (Å²) in [6.45, 7) is 1.13. The molecule has 1 aliphatic heterocycles. The molecule has 1 atom stereocenters. The summed E-state index contributed by atoms with van der Waals surface area (Å²) in [6.07, 6.45) is 0.777. The monoisotopic (exact) mass is 265 g/mol. The molecule has 0 spiro atoms. The van der Waals surface area contributed by atoms with Crippen LogP contribution in [0.3, 0.4) is 0 Å². The highest BCUT2D eigenvalue weighted by molar-refractivity contribution is 5.95. The topological polar surface area (TPSA) is 98.7 Å². The molecule has 7 nitrogen and oxygen atoms in total. The molecule has 102 valence electrons. The summed E-state index contributed by atoms with van der Waals surface area (Å²) in [4.78, 5) is 24.0. The van der Waals surface area contributed by atoms with Gasteiger partial charge in [0, 0.05) is 25.3 Å². The number of ether oxygens (including phenoxy) is 1. The van der Waals surface area contributed by atoms with Crippen molar-refractivity contribution in [1.29, 1.82) is 0 Å². The fraction of sp³-hybridized carbons (Fsp3) is 0.417. The number of hydrogen-bond acceptors (Lipinski definition) is 5. The predicted octanol–water partition coefficient (Wildman–Crippen LogP) is 1.04. The average molecular weight is 265 g/mol. The van der Waals surface area contributed by atoms with Crippen molar-refractivity contribution in [2.45, 2.75) is 12.5 Å². The number of hydrogen-bond donors (Lipinski definition) is 1. The Balaban J connectivity index is 2.23. The second-order valence-electron chi connectivity index (χ2n) is 4.46. The highest BCUT2D eigenvalue weighted by Gasteiger charge is 2.26. The summed E-state index contributed by atoms with van der Waals surface area (Å²) in [7, 11) is 1.67. The number of anilines is 1. The molecule has 19 heavy (non-hydrogen) atoms. The van der Waals surface area contributed by atoms with E-state index in [0.717, 1.165) is 6.42 Å². The average Bonchev–Trinajstić information content (AvgIpc) is 2.91. The van der Waals surface area contributed by atoms with Crippen LogP contribution in [0.1, 0.15) is 16.8 Å². The Kier molecular flexibility index (Phi) is 3.66. The van der Waals surface area contributed by atoms with Crippen LogP contribution in [0.5, 0.6) is 0 Å². The minimum atomic E-state index is -0.592. The van der Waals surface area contributed by atoms with Gasteiger partial charge in [-0.25, -0.2) is 0 Å². The normalized spacial score (nSPS) is 18.3. The third-order valence-electron chi connectivity index (χ3n) is 3.25. The Bertz CT molecular complexity index is 512. The van der Waals surface area contributed by atoms with E-state index in [4.69, 9.17) is 10.5 Å². The first-order valence-corrected chi connectivity index (χ1v) is 5.89. The number of nitro groups is 1. The number of nitrogens with two attached hydrogens (primary N) is 1. The summed E-state index contributed by atoms with van der Waals surface area (Å²) < 4.78 is 5.22. The Morgan fingerprint density at radius 2 is 2.32 bits per heavy atom. The van der Waals surface area contributed by atoms with E-state index in [2.05, 4.69) is 0 Å². The van der Waals surface area contributed by atoms with Crippen molar-refractivity contribution in [3.8, 4) is 0 Å². The third-order valence-corrected chi connectivity index (χ3v) is 3.25. The molecule has 1 aromatic carbocycles. The Morgan fingerprint density at radius 3 is 2.89 bits per heavy atom. The Morgan fingerprint density at radius 1 is 1.58 bits per heavy atom. The molecular formula is C12H15N3O4. The van der Waals surface area contributed by atoms with Gasteiger partial charge in [-0.3, -0.25) is 14.9 Å². The van der Waals surface area contributed by atoms with Crippen molar-refractivity contribution < 1.29 is 14.5 Å². The summed E-state index contributed by atoms with van der Waals surface area (Å²) in [5.41, 5.74) is 5.56. The van der Waals surface area contributed by atoms with Crippen LogP contribution in [0.25, 0.3) is 0 Å². The molecule has 2 rings (SSSR count). The Labute approximate surface area is 110 Å². The fourth-order valence-electron chi connectivity index (χ4n) is 2.03. The van der Waals surface area contributed by atoms with E-state index in [1.54, 1.807) is 11.9 Å². The lowest BCUT2D eigenvalue weighted by Crippen LogP contribution is -2.37. The second kappa shape index (κ2) is 5.23. The molecule has 0 bridgehead atoms. The number of carbonyl (C=O) groups excluding carboxylic acids is 1. The maximum Gasteiger partial charge on any atom is 0.292 e. The summed E-state index contributed by atoms with van der Waals surface area (Å²) >= 11 is 0. The number of likely N-dealkylation sites (N-methyl/N-ethyl adjacent to an activating group) is 1. The molecule has 1 fully saturated rings. The molecule has 1 aliphatic rings. The Hall–Kier alpha value is -2.15. The number of carbonyl (C=O) groups is 1. The van der Waals surface area contributed by atoms with Crippen LogP contribution in [0.4, 0.5) is 11.4 Å². The first kappa shape index (κ1) is 13.3.